The lowest BCUT2D eigenvalue weighted by atomic mass is 10.1. The van der Waals surface area contributed by atoms with E-state index in [1.165, 1.54) is 0 Å². The second-order valence-corrected chi connectivity index (χ2v) is 6.38. The summed E-state index contributed by atoms with van der Waals surface area (Å²) >= 11 is 0. The second-order valence-electron chi connectivity index (χ2n) is 6.38. The number of nitrogens with zero attached hydrogens (tertiary/aromatic N) is 1. The Morgan fingerprint density at radius 2 is 1.96 bits per heavy atom. The topological polar surface area (TPSA) is 58.6 Å². The fourth-order valence-corrected chi connectivity index (χ4v) is 2.98. The maximum Gasteiger partial charge on any atom is 0.251 e. The molecule has 3 rings (SSSR count). The minimum atomic E-state index is -0.201. The zero-order valence-corrected chi connectivity index (χ0v) is 14.7. The molecule has 2 aromatic rings. The van der Waals surface area contributed by atoms with Gasteiger partial charge in [0.25, 0.3) is 5.91 Å². The number of hydrogen-bond acceptors (Lipinski definition) is 3. The molecule has 0 unspecified atom stereocenters. The van der Waals surface area contributed by atoms with E-state index < -0.39 is 0 Å². The highest BCUT2D eigenvalue weighted by atomic mass is 16.5. The van der Waals surface area contributed by atoms with Crippen molar-refractivity contribution in [3.8, 4) is 5.75 Å². The number of rotatable bonds is 4. The fourth-order valence-electron chi connectivity index (χ4n) is 2.98. The Balaban J connectivity index is 1.69. The Bertz CT molecular complexity index is 816. The summed E-state index contributed by atoms with van der Waals surface area (Å²) in [7, 11) is 1.59. The summed E-state index contributed by atoms with van der Waals surface area (Å²) in [6.45, 7) is 4.46. The van der Waals surface area contributed by atoms with Crippen molar-refractivity contribution in [2.24, 2.45) is 0 Å². The monoisotopic (exact) mass is 338 g/mol. The maximum absolute atomic E-state index is 12.5. The highest BCUT2D eigenvalue weighted by molar-refractivity contribution is 5.99. The van der Waals surface area contributed by atoms with E-state index in [4.69, 9.17) is 4.74 Å². The molecule has 1 aliphatic heterocycles. The third kappa shape index (κ3) is 3.65. The van der Waals surface area contributed by atoms with Crippen LogP contribution in [0.15, 0.2) is 42.5 Å². The van der Waals surface area contributed by atoms with Crippen LogP contribution in [0, 0.1) is 13.8 Å². The first-order valence-corrected chi connectivity index (χ1v) is 8.30. The van der Waals surface area contributed by atoms with Gasteiger partial charge in [-0.1, -0.05) is 12.1 Å². The highest BCUT2D eigenvalue weighted by Gasteiger charge is 2.31. The summed E-state index contributed by atoms with van der Waals surface area (Å²) in [6.07, 6.45) is 0.299. The molecule has 0 spiro atoms. The largest absolute Gasteiger partial charge is 0.497 e. The van der Waals surface area contributed by atoms with Crippen molar-refractivity contribution < 1.29 is 14.3 Å². The van der Waals surface area contributed by atoms with E-state index in [-0.39, 0.29) is 17.9 Å². The quantitative estimate of drug-likeness (QED) is 0.932. The first-order chi connectivity index (χ1) is 12.0. The van der Waals surface area contributed by atoms with Gasteiger partial charge in [0.15, 0.2) is 0 Å². The van der Waals surface area contributed by atoms with Crippen LogP contribution in [-0.4, -0.2) is 31.5 Å². The van der Waals surface area contributed by atoms with Gasteiger partial charge in [0.05, 0.1) is 13.2 Å². The summed E-state index contributed by atoms with van der Waals surface area (Å²) in [6, 6.07) is 12.8. The molecule has 2 amide bonds. The lowest BCUT2D eigenvalue weighted by molar-refractivity contribution is -0.117. The van der Waals surface area contributed by atoms with E-state index in [1.54, 1.807) is 12.0 Å². The van der Waals surface area contributed by atoms with Crippen molar-refractivity contribution >= 4 is 17.5 Å². The van der Waals surface area contributed by atoms with E-state index in [2.05, 4.69) is 5.32 Å². The van der Waals surface area contributed by atoms with Gasteiger partial charge in [0.1, 0.15) is 5.75 Å². The number of amides is 2. The van der Waals surface area contributed by atoms with Crippen LogP contribution in [0.25, 0.3) is 0 Å². The van der Waals surface area contributed by atoms with Gasteiger partial charge in [0.2, 0.25) is 5.91 Å². The molecule has 1 fully saturated rings. The van der Waals surface area contributed by atoms with Gasteiger partial charge in [-0.2, -0.15) is 0 Å². The number of hydrogen-bond donors (Lipinski definition) is 1. The van der Waals surface area contributed by atoms with E-state index >= 15 is 0 Å². The average Bonchev–Trinajstić information content (AvgIpc) is 2.97. The first kappa shape index (κ1) is 17.0. The van der Waals surface area contributed by atoms with Crippen LogP contribution >= 0.6 is 0 Å². The predicted octanol–water partition coefficient (Wildman–Crippen LogP) is 2.85. The first-order valence-electron chi connectivity index (χ1n) is 8.30. The molecule has 0 bridgehead atoms. The van der Waals surface area contributed by atoms with Crippen molar-refractivity contribution in [3.05, 3.63) is 59.2 Å². The lowest BCUT2D eigenvalue weighted by Crippen LogP contribution is -2.37. The molecule has 1 saturated heterocycles. The number of benzene rings is 2. The fraction of sp³-hybridized carbons (Fsp3) is 0.300. The van der Waals surface area contributed by atoms with Crippen LogP contribution < -0.4 is 15.0 Å². The van der Waals surface area contributed by atoms with Crippen LogP contribution in [0.4, 0.5) is 5.69 Å². The highest BCUT2D eigenvalue weighted by Crippen LogP contribution is 2.25. The van der Waals surface area contributed by atoms with Crippen LogP contribution in [-0.2, 0) is 4.79 Å². The van der Waals surface area contributed by atoms with Gasteiger partial charge < -0.3 is 15.0 Å². The summed E-state index contributed by atoms with van der Waals surface area (Å²) in [4.78, 5) is 26.5. The second kappa shape index (κ2) is 6.97. The van der Waals surface area contributed by atoms with Crippen LogP contribution in [0.1, 0.15) is 27.9 Å². The molecular formula is C20H22N2O3. The summed E-state index contributed by atoms with van der Waals surface area (Å²) in [5.41, 5.74) is 3.63. The molecule has 1 aliphatic rings. The Hall–Kier alpha value is -2.82. The average molecular weight is 338 g/mol. The van der Waals surface area contributed by atoms with Crippen LogP contribution in [0.2, 0.25) is 0 Å². The summed E-state index contributed by atoms with van der Waals surface area (Å²) in [5.74, 6) is 0.556. The van der Waals surface area contributed by atoms with Gasteiger partial charge in [-0.15, -0.1) is 0 Å². The standard InChI is InChI=1S/C20H22N2O3/c1-13-7-8-15(9-14(13)2)20(24)21-16-10-19(23)22(12-16)17-5-4-6-18(11-17)25-3/h4-9,11,16H,10,12H2,1-3H3,(H,21,24)/t16-/m1/s1. The zero-order valence-electron chi connectivity index (χ0n) is 14.7. The molecule has 1 N–H and O–H groups in total. The van der Waals surface area contributed by atoms with E-state index in [0.29, 0.717) is 24.3 Å². The Kier molecular flexibility index (Phi) is 4.74. The van der Waals surface area contributed by atoms with Gasteiger partial charge in [-0.05, 0) is 49.2 Å². The molecule has 0 aromatic heterocycles. The molecule has 2 aromatic carbocycles. The van der Waals surface area contributed by atoms with Gasteiger partial charge in [0, 0.05) is 30.3 Å². The van der Waals surface area contributed by atoms with Crippen molar-refractivity contribution in [3.63, 3.8) is 0 Å². The smallest absolute Gasteiger partial charge is 0.251 e. The van der Waals surface area contributed by atoms with Gasteiger partial charge in [-0.3, -0.25) is 9.59 Å². The molecular weight excluding hydrogens is 316 g/mol. The molecule has 0 aliphatic carbocycles. The molecule has 1 atom stereocenters. The van der Waals surface area contributed by atoms with E-state index in [0.717, 1.165) is 16.8 Å². The van der Waals surface area contributed by atoms with E-state index in [1.807, 2.05) is 56.3 Å². The van der Waals surface area contributed by atoms with E-state index in [9.17, 15) is 9.59 Å². The minimum absolute atomic E-state index is 0.00126. The third-order valence-electron chi connectivity index (χ3n) is 4.59. The third-order valence-corrected chi connectivity index (χ3v) is 4.59. The molecule has 5 heteroatoms. The number of anilines is 1. The normalized spacial score (nSPS) is 16.8. The number of ether oxygens (including phenoxy) is 1. The zero-order chi connectivity index (χ0) is 18.0. The predicted molar refractivity (Wildman–Crippen MR) is 97.1 cm³/mol. The van der Waals surface area contributed by atoms with Crippen molar-refractivity contribution in [1.82, 2.24) is 5.32 Å². The Morgan fingerprint density at radius 3 is 2.68 bits per heavy atom. The number of aryl methyl sites for hydroxylation is 2. The summed E-state index contributed by atoms with van der Waals surface area (Å²) in [5, 5.41) is 2.97. The maximum atomic E-state index is 12.5. The molecule has 0 radical (unpaired) electrons. The summed E-state index contributed by atoms with van der Waals surface area (Å²) < 4.78 is 5.21. The number of methoxy groups -OCH3 is 1. The van der Waals surface area contributed by atoms with Gasteiger partial charge in [-0.25, -0.2) is 0 Å². The molecule has 25 heavy (non-hydrogen) atoms. The lowest BCUT2D eigenvalue weighted by Gasteiger charge is -2.18. The molecule has 130 valence electrons. The van der Waals surface area contributed by atoms with Crippen molar-refractivity contribution in [2.45, 2.75) is 26.3 Å². The minimum Gasteiger partial charge on any atom is -0.497 e. The van der Waals surface area contributed by atoms with Crippen molar-refractivity contribution in [2.75, 3.05) is 18.6 Å². The van der Waals surface area contributed by atoms with Crippen molar-refractivity contribution in [1.29, 1.82) is 0 Å². The number of carbonyl (C=O) groups excluding carboxylic acids is 2. The van der Waals surface area contributed by atoms with Crippen LogP contribution in [0.5, 0.6) is 5.75 Å². The Labute approximate surface area is 147 Å². The van der Waals surface area contributed by atoms with Gasteiger partial charge >= 0.3 is 0 Å². The Morgan fingerprint density at radius 1 is 1.16 bits per heavy atom. The molecule has 0 saturated carbocycles. The SMILES string of the molecule is COc1cccc(N2C[C@H](NC(=O)c3ccc(C)c(C)c3)CC2=O)c1. The number of nitrogens with one attached hydrogen (secondary N) is 1. The number of carbonyl (C=O) groups is 2. The molecule has 1 heterocycles. The van der Waals surface area contributed by atoms with Crippen LogP contribution in [0.3, 0.4) is 0 Å². The molecule has 5 nitrogen and oxygen atoms in total.